The molecular weight excluding hydrogens is 346 g/mol. The highest BCUT2D eigenvalue weighted by atomic mass is 16.2. The molecule has 0 radical (unpaired) electrons. The summed E-state index contributed by atoms with van der Waals surface area (Å²) in [5, 5.41) is 8.46. The first-order valence-corrected chi connectivity index (χ1v) is 11.8. The molecule has 154 valence electrons. The third-order valence-corrected chi connectivity index (χ3v) is 9.44. The molecule has 0 aromatic carbocycles. The smallest absolute Gasteiger partial charge is 0.272 e. The molecule has 0 spiro atoms. The van der Waals surface area contributed by atoms with Crippen molar-refractivity contribution in [2.75, 3.05) is 0 Å². The number of nitrogens with one attached hydrogen (secondary N) is 1. The number of aromatic nitrogens is 2. The summed E-state index contributed by atoms with van der Waals surface area (Å²) in [6.45, 7) is 7.23. The van der Waals surface area contributed by atoms with E-state index in [4.69, 9.17) is 5.10 Å². The minimum Gasteiger partial charge on any atom is -0.347 e. The van der Waals surface area contributed by atoms with Gasteiger partial charge in [-0.15, -0.1) is 0 Å². The van der Waals surface area contributed by atoms with Gasteiger partial charge in [-0.2, -0.15) is 5.10 Å². The zero-order valence-corrected chi connectivity index (χ0v) is 18.0. The van der Waals surface area contributed by atoms with Gasteiger partial charge in [-0.25, -0.2) is 0 Å². The molecule has 4 aliphatic carbocycles. The Hall–Kier alpha value is -1.32. The van der Waals surface area contributed by atoms with Gasteiger partial charge in [-0.05, 0) is 74.5 Å². The van der Waals surface area contributed by atoms with Crippen LogP contribution < -0.4 is 5.32 Å². The van der Waals surface area contributed by atoms with E-state index in [1.54, 1.807) is 0 Å². The molecule has 1 aromatic rings. The van der Waals surface area contributed by atoms with Crippen LogP contribution in [-0.4, -0.2) is 21.7 Å². The van der Waals surface area contributed by atoms with Gasteiger partial charge in [0, 0.05) is 17.3 Å². The second-order valence-electron chi connectivity index (χ2n) is 10.9. The first-order chi connectivity index (χ1) is 13.4. The Kier molecular flexibility index (Phi) is 4.41. The summed E-state index contributed by atoms with van der Waals surface area (Å²) in [5.41, 5.74) is 3.94. The summed E-state index contributed by atoms with van der Waals surface area (Å²) in [5.74, 6) is 0.846. The van der Waals surface area contributed by atoms with Gasteiger partial charge >= 0.3 is 0 Å². The van der Waals surface area contributed by atoms with E-state index >= 15 is 0 Å². The summed E-state index contributed by atoms with van der Waals surface area (Å²) < 4.78 is 2.29. The van der Waals surface area contributed by atoms with E-state index in [0.717, 1.165) is 30.9 Å². The van der Waals surface area contributed by atoms with Crippen molar-refractivity contribution >= 4 is 5.91 Å². The van der Waals surface area contributed by atoms with Gasteiger partial charge in [0.25, 0.3) is 5.91 Å². The van der Waals surface area contributed by atoms with Crippen LogP contribution in [0.2, 0.25) is 0 Å². The minimum atomic E-state index is 0.0993. The minimum absolute atomic E-state index is 0.0993. The Labute approximate surface area is 169 Å². The van der Waals surface area contributed by atoms with E-state index in [-0.39, 0.29) is 11.3 Å². The average Bonchev–Trinajstić information content (AvgIpc) is 3.25. The highest BCUT2D eigenvalue weighted by molar-refractivity contribution is 5.94. The lowest BCUT2D eigenvalue weighted by Crippen LogP contribution is -2.47. The third kappa shape index (κ3) is 2.62. The van der Waals surface area contributed by atoms with Gasteiger partial charge in [0.05, 0.1) is 6.04 Å². The Balaban J connectivity index is 1.42. The Bertz CT molecular complexity index is 773. The van der Waals surface area contributed by atoms with Gasteiger partial charge in [0.15, 0.2) is 5.69 Å². The normalized spacial score (nSPS) is 34.4. The molecule has 4 aliphatic rings. The maximum absolute atomic E-state index is 13.4. The summed E-state index contributed by atoms with van der Waals surface area (Å²) in [6.07, 6.45) is 14.7. The van der Waals surface area contributed by atoms with Crippen molar-refractivity contribution in [3.63, 3.8) is 0 Å². The second kappa shape index (κ2) is 6.60. The molecule has 3 fully saturated rings. The van der Waals surface area contributed by atoms with Crippen LogP contribution in [0.15, 0.2) is 0 Å². The molecule has 4 heteroatoms. The van der Waals surface area contributed by atoms with Crippen molar-refractivity contribution in [2.24, 2.45) is 16.7 Å². The molecule has 3 unspecified atom stereocenters. The lowest BCUT2D eigenvalue weighted by Gasteiger charge is -2.39. The van der Waals surface area contributed by atoms with E-state index in [1.807, 2.05) is 0 Å². The summed E-state index contributed by atoms with van der Waals surface area (Å²) >= 11 is 0. The van der Waals surface area contributed by atoms with Crippen LogP contribution in [0.25, 0.3) is 0 Å². The number of amides is 1. The summed E-state index contributed by atoms with van der Waals surface area (Å²) in [6, 6.07) is 0.814. The second-order valence-corrected chi connectivity index (χ2v) is 10.9. The zero-order valence-electron chi connectivity index (χ0n) is 18.0. The molecule has 1 heterocycles. The molecule has 2 bridgehead atoms. The van der Waals surface area contributed by atoms with Crippen molar-refractivity contribution in [3.8, 4) is 0 Å². The van der Waals surface area contributed by atoms with Crippen LogP contribution in [0.3, 0.4) is 0 Å². The van der Waals surface area contributed by atoms with Crippen molar-refractivity contribution in [1.82, 2.24) is 15.1 Å². The molecule has 3 atom stereocenters. The first kappa shape index (κ1) is 18.7. The van der Waals surface area contributed by atoms with E-state index in [9.17, 15) is 4.79 Å². The van der Waals surface area contributed by atoms with E-state index in [1.165, 1.54) is 69.0 Å². The molecule has 1 amide bonds. The lowest BCUT2D eigenvalue weighted by atomic mass is 9.69. The zero-order chi connectivity index (χ0) is 19.5. The number of hydrogen-bond donors (Lipinski definition) is 1. The molecule has 0 aliphatic heterocycles. The SMILES string of the molecule is CC1(C)C2CCC1(C)C(NC(=O)c1nn(C3CCCCC3)c3c1CCCC3)C2. The monoisotopic (exact) mass is 383 g/mol. The Morgan fingerprint density at radius 3 is 2.46 bits per heavy atom. The Morgan fingerprint density at radius 1 is 1.04 bits per heavy atom. The van der Waals surface area contributed by atoms with Crippen LogP contribution >= 0.6 is 0 Å². The topological polar surface area (TPSA) is 46.9 Å². The fourth-order valence-corrected chi connectivity index (χ4v) is 7.08. The molecular formula is C24H37N3O. The maximum atomic E-state index is 13.4. The van der Waals surface area contributed by atoms with Crippen LogP contribution in [-0.2, 0) is 12.8 Å². The van der Waals surface area contributed by atoms with Crippen molar-refractivity contribution in [1.29, 1.82) is 0 Å². The standard InChI is InChI=1S/C24H37N3O/c1-23(2)16-13-14-24(23,3)20(15-16)25-22(28)21-18-11-7-8-12-19(18)27(26-21)17-9-5-4-6-10-17/h16-17,20H,4-15H2,1-3H3,(H,25,28). The molecule has 5 rings (SSSR count). The molecule has 28 heavy (non-hydrogen) atoms. The number of fused-ring (bicyclic) bond motifs is 3. The molecule has 0 saturated heterocycles. The van der Waals surface area contributed by atoms with Gasteiger partial charge < -0.3 is 5.32 Å². The lowest BCUT2D eigenvalue weighted by molar-refractivity contribution is 0.0819. The van der Waals surface area contributed by atoms with Gasteiger partial charge in [-0.1, -0.05) is 40.0 Å². The van der Waals surface area contributed by atoms with E-state index in [2.05, 4.69) is 30.8 Å². The third-order valence-electron chi connectivity index (χ3n) is 9.44. The van der Waals surface area contributed by atoms with Crippen molar-refractivity contribution in [3.05, 3.63) is 17.0 Å². The van der Waals surface area contributed by atoms with E-state index in [0.29, 0.717) is 17.5 Å². The van der Waals surface area contributed by atoms with Crippen molar-refractivity contribution < 1.29 is 4.79 Å². The first-order valence-electron chi connectivity index (χ1n) is 11.8. The predicted octanol–water partition coefficient (Wildman–Crippen LogP) is 5.21. The van der Waals surface area contributed by atoms with Gasteiger partial charge in [0.1, 0.15) is 0 Å². The van der Waals surface area contributed by atoms with Gasteiger partial charge in [0.2, 0.25) is 0 Å². The quantitative estimate of drug-likeness (QED) is 0.778. The van der Waals surface area contributed by atoms with Crippen LogP contribution in [0.5, 0.6) is 0 Å². The van der Waals surface area contributed by atoms with Crippen LogP contribution in [0.4, 0.5) is 0 Å². The number of hydrogen-bond acceptors (Lipinski definition) is 2. The van der Waals surface area contributed by atoms with Crippen LogP contribution in [0, 0.1) is 16.7 Å². The number of nitrogens with zero attached hydrogens (tertiary/aromatic N) is 2. The summed E-state index contributed by atoms with van der Waals surface area (Å²) in [4.78, 5) is 13.4. The number of rotatable bonds is 3. The fourth-order valence-electron chi connectivity index (χ4n) is 7.08. The van der Waals surface area contributed by atoms with Crippen LogP contribution in [0.1, 0.15) is 113 Å². The molecule has 1 aromatic heterocycles. The van der Waals surface area contributed by atoms with Gasteiger partial charge in [-0.3, -0.25) is 9.48 Å². The largest absolute Gasteiger partial charge is 0.347 e. The maximum Gasteiger partial charge on any atom is 0.272 e. The highest BCUT2D eigenvalue weighted by Gasteiger charge is 2.61. The van der Waals surface area contributed by atoms with E-state index < -0.39 is 0 Å². The predicted molar refractivity (Wildman–Crippen MR) is 111 cm³/mol. The summed E-state index contributed by atoms with van der Waals surface area (Å²) in [7, 11) is 0. The fraction of sp³-hybridized carbons (Fsp3) is 0.833. The Morgan fingerprint density at radius 2 is 1.79 bits per heavy atom. The molecule has 1 N–H and O–H groups in total. The molecule has 4 nitrogen and oxygen atoms in total. The number of carbonyl (C=O) groups is 1. The average molecular weight is 384 g/mol. The van der Waals surface area contributed by atoms with Crippen molar-refractivity contribution in [2.45, 2.75) is 110 Å². The molecule has 3 saturated carbocycles. The highest BCUT2D eigenvalue weighted by Crippen LogP contribution is 2.65. The number of carbonyl (C=O) groups excluding carboxylic acids is 1.